The molecule has 1 N–H and O–H groups in total. The molecular weight excluding hydrogens is 178 g/mol. The van der Waals surface area contributed by atoms with Gasteiger partial charge in [0.2, 0.25) is 0 Å². The van der Waals surface area contributed by atoms with Crippen molar-refractivity contribution in [3.8, 4) is 0 Å². The SMILES string of the molecule is CCOCCO[C@@H]1CN[C@@H](C(C)C)C1. The van der Waals surface area contributed by atoms with E-state index in [1.54, 1.807) is 0 Å². The van der Waals surface area contributed by atoms with Crippen LogP contribution < -0.4 is 5.32 Å². The lowest BCUT2D eigenvalue weighted by Crippen LogP contribution is -2.26. The van der Waals surface area contributed by atoms with E-state index in [4.69, 9.17) is 9.47 Å². The van der Waals surface area contributed by atoms with Gasteiger partial charge in [0, 0.05) is 19.2 Å². The summed E-state index contributed by atoms with van der Waals surface area (Å²) >= 11 is 0. The van der Waals surface area contributed by atoms with Crippen LogP contribution in [0.25, 0.3) is 0 Å². The number of hydrogen-bond donors (Lipinski definition) is 1. The highest BCUT2D eigenvalue weighted by atomic mass is 16.5. The zero-order chi connectivity index (χ0) is 10.4. The summed E-state index contributed by atoms with van der Waals surface area (Å²) in [4.78, 5) is 0. The van der Waals surface area contributed by atoms with Crippen molar-refractivity contribution in [3.05, 3.63) is 0 Å². The van der Waals surface area contributed by atoms with Gasteiger partial charge in [-0.2, -0.15) is 0 Å². The Morgan fingerprint density at radius 2 is 2.14 bits per heavy atom. The molecule has 0 amide bonds. The first kappa shape index (κ1) is 12.0. The largest absolute Gasteiger partial charge is 0.379 e. The van der Waals surface area contributed by atoms with Crippen LogP contribution in [-0.2, 0) is 9.47 Å². The highest BCUT2D eigenvalue weighted by Crippen LogP contribution is 2.16. The Labute approximate surface area is 87.2 Å². The molecule has 0 aromatic rings. The Morgan fingerprint density at radius 3 is 2.71 bits per heavy atom. The van der Waals surface area contributed by atoms with E-state index in [-0.39, 0.29) is 0 Å². The molecule has 0 bridgehead atoms. The molecule has 0 aromatic heterocycles. The van der Waals surface area contributed by atoms with Crippen molar-refractivity contribution >= 4 is 0 Å². The van der Waals surface area contributed by atoms with Crippen molar-refractivity contribution in [1.82, 2.24) is 5.32 Å². The van der Waals surface area contributed by atoms with Crippen molar-refractivity contribution in [1.29, 1.82) is 0 Å². The van der Waals surface area contributed by atoms with Gasteiger partial charge in [-0.15, -0.1) is 0 Å². The molecule has 84 valence electrons. The third kappa shape index (κ3) is 3.95. The smallest absolute Gasteiger partial charge is 0.0715 e. The minimum Gasteiger partial charge on any atom is -0.379 e. The topological polar surface area (TPSA) is 30.5 Å². The summed E-state index contributed by atoms with van der Waals surface area (Å²) in [6.07, 6.45) is 1.53. The van der Waals surface area contributed by atoms with Gasteiger partial charge in [0.05, 0.1) is 19.3 Å². The lowest BCUT2D eigenvalue weighted by molar-refractivity contribution is 0.0148. The molecule has 1 fully saturated rings. The van der Waals surface area contributed by atoms with Crippen molar-refractivity contribution in [3.63, 3.8) is 0 Å². The lowest BCUT2D eigenvalue weighted by Gasteiger charge is -2.14. The molecule has 1 heterocycles. The molecule has 1 aliphatic rings. The predicted octanol–water partition coefficient (Wildman–Crippen LogP) is 1.43. The number of rotatable bonds is 6. The third-order valence-electron chi connectivity index (χ3n) is 2.71. The van der Waals surface area contributed by atoms with E-state index in [2.05, 4.69) is 19.2 Å². The fourth-order valence-corrected chi connectivity index (χ4v) is 1.79. The number of hydrogen-bond acceptors (Lipinski definition) is 3. The number of ether oxygens (including phenoxy) is 2. The molecule has 0 spiro atoms. The van der Waals surface area contributed by atoms with Crippen LogP contribution in [-0.4, -0.2) is 38.5 Å². The quantitative estimate of drug-likeness (QED) is 0.659. The van der Waals surface area contributed by atoms with Crippen LogP contribution in [0.4, 0.5) is 0 Å². The van der Waals surface area contributed by atoms with Crippen LogP contribution in [0.1, 0.15) is 27.2 Å². The zero-order valence-corrected chi connectivity index (χ0v) is 9.58. The zero-order valence-electron chi connectivity index (χ0n) is 9.58. The fourth-order valence-electron chi connectivity index (χ4n) is 1.79. The summed E-state index contributed by atoms with van der Waals surface area (Å²) in [5.41, 5.74) is 0. The molecule has 0 aromatic carbocycles. The Morgan fingerprint density at radius 1 is 1.36 bits per heavy atom. The van der Waals surface area contributed by atoms with Gasteiger partial charge < -0.3 is 14.8 Å². The van der Waals surface area contributed by atoms with Crippen LogP contribution in [0.3, 0.4) is 0 Å². The molecule has 1 aliphatic heterocycles. The molecule has 3 nitrogen and oxygen atoms in total. The molecule has 0 unspecified atom stereocenters. The maximum absolute atomic E-state index is 5.70. The highest BCUT2D eigenvalue weighted by molar-refractivity contribution is 4.84. The Hall–Kier alpha value is -0.120. The van der Waals surface area contributed by atoms with Gasteiger partial charge in [0.1, 0.15) is 0 Å². The van der Waals surface area contributed by atoms with Crippen LogP contribution in [0, 0.1) is 5.92 Å². The molecule has 0 aliphatic carbocycles. The van der Waals surface area contributed by atoms with E-state index in [0.717, 1.165) is 32.8 Å². The lowest BCUT2D eigenvalue weighted by atomic mass is 10.0. The van der Waals surface area contributed by atoms with Crippen molar-refractivity contribution < 1.29 is 9.47 Å². The minimum absolute atomic E-state index is 0.392. The maximum Gasteiger partial charge on any atom is 0.0715 e. The maximum atomic E-state index is 5.70. The van der Waals surface area contributed by atoms with Gasteiger partial charge in [-0.05, 0) is 19.3 Å². The van der Waals surface area contributed by atoms with Gasteiger partial charge in [0.25, 0.3) is 0 Å². The van der Waals surface area contributed by atoms with Gasteiger partial charge >= 0.3 is 0 Å². The molecule has 14 heavy (non-hydrogen) atoms. The Balaban J connectivity index is 2.04. The Bertz CT molecular complexity index is 150. The van der Waals surface area contributed by atoms with E-state index in [1.165, 1.54) is 0 Å². The van der Waals surface area contributed by atoms with E-state index in [0.29, 0.717) is 18.1 Å². The van der Waals surface area contributed by atoms with Crippen LogP contribution in [0.2, 0.25) is 0 Å². The molecule has 1 rings (SSSR count). The first-order chi connectivity index (χ1) is 6.74. The first-order valence-corrected chi connectivity index (χ1v) is 5.66. The predicted molar refractivity (Wildman–Crippen MR) is 57.5 cm³/mol. The van der Waals surface area contributed by atoms with E-state index >= 15 is 0 Å². The normalized spacial score (nSPS) is 27.4. The molecule has 0 radical (unpaired) electrons. The molecule has 1 saturated heterocycles. The van der Waals surface area contributed by atoms with E-state index in [9.17, 15) is 0 Å². The van der Waals surface area contributed by atoms with Crippen LogP contribution >= 0.6 is 0 Å². The van der Waals surface area contributed by atoms with E-state index < -0.39 is 0 Å². The van der Waals surface area contributed by atoms with Gasteiger partial charge in [-0.1, -0.05) is 13.8 Å². The van der Waals surface area contributed by atoms with Crippen LogP contribution in [0.15, 0.2) is 0 Å². The summed E-state index contributed by atoms with van der Waals surface area (Å²) in [6.45, 7) is 9.73. The summed E-state index contributed by atoms with van der Waals surface area (Å²) < 4.78 is 10.9. The average molecular weight is 201 g/mol. The molecule has 3 heteroatoms. The van der Waals surface area contributed by atoms with Gasteiger partial charge in [0.15, 0.2) is 0 Å². The summed E-state index contributed by atoms with van der Waals surface area (Å²) in [6, 6.07) is 0.632. The highest BCUT2D eigenvalue weighted by Gasteiger charge is 2.26. The van der Waals surface area contributed by atoms with Crippen molar-refractivity contribution in [2.45, 2.75) is 39.3 Å². The van der Waals surface area contributed by atoms with Crippen LogP contribution in [0.5, 0.6) is 0 Å². The molecule has 2 atom stereocenters. The second kappa shape index (κ2) is 6.38. The monoisotopic (exact) mass is 201 g/mol. The summed E-state index contributed by atoms with van der Waals surface area (Å²) in [7, 11) is 0. The van der Waals surface area contributed by atoms with Crippen molar-refractivity contribution in [2.24, 2.45) is 5.92 Å². The average Bonchev–Trinajstić information content (AvgIpc) is 2.61. The summed E-state index contributed by atoms with van der Waals surface area (Å²) in [5, 5.41) is 3.48. The second-order valence-corrected chi connectivity index (χ2v) is 4.18. The minimum atomic E-state index is 0.392. The van der Waals surface area contributed by atoms with E-state index in [1.807, 2.05) is 6.92 Å². The molecular formula is C11H23NO2. The molecule has 0 saturated carbocycles. The third-order valence-corrected chi connectivity index (χ3v) is 2.71. The van der Waals surface area contributed by atoms with Gasteiger partial charge in [-0.25, -0.2) is 0 Å². The first-order valence-electron chi connectivity index (χ1n) is 5.66. The second-order valence-electron chi connectivity index (χ2n) is 4.18. The number of nitrogens with one attached hydrogen (secondary N) is 1. The Kier molecular flexibility index (Phi) is 5.45. The van der Waals surface area contributed by atoms with Gasteiger partial charge in [-0.3, -0.25) is 0 Å². The fraction of sp³-hybridized carbons (Fsp3) is 1.00. The standard InChI is InChI=1S/C11H23NO2/c1-4-13-5-6-14-10-7-11(9(2)3)12-8-10/h9-12H,4-8H2,1-3H3/t10-,11+/m0/s1. The summed E-state index contributed by atoms with van der Waals surface area (Å²) in [5.74, 6) is 0.704. The van der Waals surface area contributed by atoms with Crippen molar-refractivity contribution in [2.75, 3.05) is 26.4 Å².